The van der Waals surface area contributed by atoms with Gasteiger partial charge in [0.2, 0.25) is 0 Å². The van der Waals surface area contributed by atoms with Crippen LogP contribution in [-0.2, 0) is 0 Å². The number of hydrogen-bond acceptors (Lipinski definition) is 6. The molecule has 0 radical (unpaired) electrons. The van der Waals surface area contributed by atoms with Crippen molar-refractivity contribution in [3.63, 3.8) is 0 Å². The van der Waals surface area contributed by atoms with E-state index >= 15 is 0 Å². The Balaban J connectivity index is 1.40. The van der Waals surface area contributed by atoms with Gasteiger partial charge in [0.15, 0.2) is 5.69 Å². The van der Waals surface area contributed by atoms with Gasteiger partial charge in [-0.1, -0.05) is 0 Å². The second-order valence-corrected chi connectivity index (χ2v) is 9.60. The maximum Gasteiger partial charge on any atom is 0.321 e. The van der Waals surface area contributed by atoms with Gasteiger partial charge in [0.25, 0.3) is 5.69 Å². The Morgan fingerprint density at radius 3 is 2.80 bits per heavy atom. The number of benzene rings is 1. The van der Waals surface area contributed by atoms with E-state index in [1.54, 1.807) is 18.2 Å². The number of anilines is 1. The van der Waals surface area contributed by atoms with E-state index in [0.29, 0.717) is 36.6 Å². The van der Waals surface area contributed by atoms with Crippen molar-refractivity contribution in [1.29, 1.82) is 5.26 Å². The zero-order valence-corrected chi connectivity index (χ0v) is 19.7. The number of ether oxygens (including phenoxy) is 1. The summed E-state index contributed by atoms with van der Waals surface area (Å²) >= 11 is 0. The first-order valence-corrected chi connectivity index (χ1v) is 12.2. The van der Waals surface area contributed by atoms with Crippen LogP contribution < -0.4 is 14.8 Å². The quantitative estimate of drug-likeness (QED) is 0.393. The van der Waals surface area contributed by atoms with Gasteiger partial charge < -0.3 is 20.4 Å². The summed E-state index contributed by atoms with van der Waals surface area (Å²) in [6.45, 7) is 2.28. The molecule has 2 aliphatic rings. The molecule has 1 aromatic carbocycles. The smallest absolute Gasteiger partial charge is 0.321 e. The third kappa shape index (κ3) is 4.66. The Morgan fingerprint density at radius 2 is 2.11 bits per heavy atom. The van der Waals surface area contributed by atoms with Crippen molar-refractivity contribution < 1.29 is 19.4 Å². The average Bonchev–Trinajstić information content (AvgIpc) is 3.59. The van der Waals surface area contributed by atoms with Crippen LogP contribution in [0.25, 0.3) is 10.9 Å². The number of rotatable bonds is 7. The fourth-order valence-electron chi connectivity index (χ4n) is 4.91. The molecule has 9 heteroatoms. The Hall–Kier alpha value is -3.64. The average molecular weight is 476 g/mol. The van der Waals surface area contributed by atoms with Crippen LogP contribution in [0.1, 0.15) is 80.0 Å². The van der Waals surface area contributed by atoms with Crippen LogP contribution in [-0.4, -0.2) is 33.0 Å². The molecule has 0 aliphatic heterocycles. The van der Waals surface area contributed by atoms with Crippen molar-refractivity contribution in [2.24, 2.45) is 0 Å². The summed E-state index contributed by atoms with van der Waals surface area (Å²) in [5.74, 6) is 0.234. The van der Waals surface area contributed by atoms with Gasteiger partial charge >= 0.3 is 5.91 Å². The van der Waals surface area contributed by atoms with Crippen LogP contribution in [0.15, 0.2) is 36.5 Å². The number of carbonyl (C=O) groups excluding carboxylic acids is 1. The van der Waals surface area contributed by atoms with E-state index in [-0.39, 0.29) is 24.1 Å². The summed E-state index contributed by atoms with van der Waals surface area (Å²) in [7, 11) is 0. The van der Waals surface area contributed by atoms with Gasteiger partial charge in [-0.05, 0) is 57.6 Å². The summed E-state index contributed by atoms with van der Waals surface area (Å²) in [5.41, 5.74) is 0.993. The minimum Gasteiger partial charge on any atom is -0.618 e. The first kappa shape index (κ1) is 23.1. The number of nitriles is 1. The van der Waals surface area contributed by atoms with Gasteiger partial charge in [0, 0.05) is 35.7 Å². The largest absolute Gasteiger partial charge is 0.618 e. The summed E-state index contributed by atoms with van der Waals surface area (Å²) < 4.78 is 8.42. The third-order valence-corrected chi connectivity index (χ3v) is 7.04. The Bertz CT molecular complexity index is 1300. The molecule has 2 aliphatic carbocycles. The number of hydrogen-bond donors (Lipinski definition) is 2. The minimum absolute atomic E-state index is 0.0553. The van der Waals surface area contributed by atoms with Crippen molar-refractivity contribution in [1.82, 2.24) is 9.78 Å². The highest BCUT2D eigenvalue weighted by molar-refractivity contribution is 6.04. The SMILES string of the molecule is CCOc1cc2nn(C3CCC(O)(CC#N)CC3)cc2cc1NC(=O)c1cccc(C2CC2)[n+]1[O-]. The summed E-state index contributed by atoms with van der Waals surface area (Å²) in [6.07, 6.45) is 6.60. The number of nitrogens with zero attached hydrogens (tertiary/aromatic N) is 4. The lowest BCUT2D eigenvalue weighted by Gasteiger charge is -2.34. The molecule has 9 nitrogen and oxygen atoms in total. The van der Waals surface area contributed by atoms with Gasteiger partial charge in [-0.15, -0.1) is 0 Å². The molecule has 0 bridgehead atoms. The molecular formula is C26H29N5O4. The molecule has 182 valence electrons. The molecule has 2 N–H and O–H groups in total. The monoisotopic (exact) mass is 475 g/mol. The predicted molar refractivity (Wildman–Crippen MR) is 129 cm³/mol. The van der Waals surface area contributed by atoms with E-state index < -0.39 is 11.5 Å². The molecule has 35 heavy (non-hydrogen) atoms. The van der Waals surface area contributed by atoms with Gasteiger partial charge in [-0.25, -0.2) is 0 Å². The fraction of sp³-hybridized carbons (Fsp3) is 0.462. The highest BCUT2D eigenvalue weighted by atomic mass is 16.5. The fourth-order valence-corrected chi connectivity index (χ4v) is 4.91. The zero-order valence-electron chi connectivity index (χ0n) is 19.7. The molecule has 0 unspecified atom stereocenters. The topological polar surface area (TPSA) is 127 Å². The van der Waals surface area contributed by atoms with E-state index in [1.165, 1.54) is 6.07 Å². The van der Waals surface area contributed by atoms with Gasteiger partial charge in [0.1, 0.15) is 5.75 Å². The van der Waals surface area contributed by atoms with Gasteiger partial charge in [-0.3, -0.25) is 9.48 Å². The molecule has 1 amide bonds. The van der Waals surface area contributed by atoms with Crippen LogP contribution >= 0.6 is 0 Å². The van der Waals surface area contributed by atoms with Crippen LogP contribution in [0.2, 0.25) is 0 Å². The summed E-state index contributed by atoms with van der Waals surface area (Å²) in [6, 6.07) is 10.9. The van der Waals surface area contributed by atoms with Gasteiger partial charge in [-0.2, -0.15) is 15.1 Å². The van der Waals surface area contributed by atoms with Crippen molar-refractivity contribution in [2.75, 3.05) is 11.9 Å². The van der Waals surface area contributed by atoms with Crippen molar-refractivity contribution in [3.05, 3.63) is 53.1 Å². The normalized spacial score (nSPS) is 22.0. The number of aromatic nitrogens is 3. The predicted octanol–water partition coefficient (Wildman–Crippen LogP) is 3.96. The first-order valence-electron chi connectivity index (χ1n) is 12.2. The zero-order chi connectivity index (χ0) is 24.6. The standard InChI is InChI=1S/C26H29N5O4/c1-2-35-24-15-20-18(16-30(29-20)19-8-10-26(33,11-9-19)12-13-27)14-21(24)28-25(32)23-5-3-4-22(31(23)34)17-6-7-17/h3-5,14-17,19,33H,2,6-12H2,1H3,(H,28,32). The lowest BCUT2D eigenvalue weighted by atomic mass is 9.80. The number of aliphatic hydroxyl groups is 1. The van der Waals surface area contributed by atoms with E-state index in [4.69, 9.17) is 15.1 Å². The van der Waals surface area contributed by atoms with Gasteiger partial charge in [0.05, 0.1) is 41.9 Å². The summed E-state index contributed by atoms with van der Waals surface area (Å²) in [5, 5.41) is 40.7. The van der Waals surface area contributed by atoms with Crippen LogP contribution in [0, 0.1) is 16.5 Å². The molecule has 0 atom stereocenters. The summed E-state index contributed by atoms with van der Waals surface area (Å²) in [4.78, 5) is 13.0. The van der Waals surface area contributed by atoms with Crippen molar-refractivity contribution >= 4 is 22.5 Å². The molecule has 5 rings (SSSR count). The number of carbonyl (C=O) groups is 1. The number of amides is 1. The minimum atomic E-state index is -0.910. The lowest BCUT2D eigenvalue weighted by Crippen LogP contribution is -2.40. The Morgan fingerprint density at radius 1 is 1.34 bits per heavy atom. The second-order valence-electron chi connectivity index (χ2n) is 9.60. The second kappa shape index (κ2) is 9.19. The molecular weight excluding hydrogens is 446 g/mol. The third-order valence-electron chi connectivity index (χ3n) is 7.04. The number of nitrogens with one attached hydrogen (secondary N) is 1. The van der Waals surface area contributed by atoms with E-state index in [1.807, 2.05) is 23.9 Å². The molecule has 3 aromatic rings. The van der Waals surface area contributed by atoms with Crippen LogP contribution in [0.5, 0.6) is 5.75 Å². The maximum atomic E-state index is 13.0. The van der Waals surface area contributed by atoms with Crippen LogP contribution in [0.3, 0.4) is 0 Å². The Kier molecular flexibility index (Phi) is 6.07. The molecule has 2 saturated carbocycles. The molecule has 2 fully saturated rings. The maximum absolute atomic E-state index is 13.0. The Labute approximate surface area is 203 Å². The van der Waals surface area contributed by atoms with E-state index in [0.717, 1.165) is 41.3 Å². The molecule has 2 heterocycles. The van der Waals surface area contributed by atoms with Crippen LogP contribution in [0.4, 0.5) is 5.69 Å². The molecule has 0 spiro atoms. The van der Waals surface area contributed by atoms with E-state index in [9.17, 15) is 15.1 Å². The number of pyridine rings is 1. The van der Waals surface area contributed by atoms with Crippen molar-refractivity contribution in [2.45, 2.75) is 69.4 Å². The lowest BCUT2D eigenvalue weighted by molar-refractivity contribution is -0.616. The van der Waals surface area contributed by atoms with E-state index in [2.05, 4.69) is 11.4 Å². The highest BCUT2D eigenvalue weighted by Gasteiger charge is 2.34. The highest BCUT2D eigenvalue weighted by Crippen LogP contribution is 2.39. The molecule has 0 saturated heterocycles. The number of fused-ring (bicyclic) bond motifs is 1. The van der Waals surface area contributed by atoms with Crippen molar-refractivity contribution in [3.8, 4) is 11.8 Å². The molecule has 2 aromatic heterocycles. The first-order chi connectivity index (χ1) is 16.9.